The molecule has 0 radical (unpaired) electrons. The standard InChI is InChI=1S/C23H28N6O2S/c1-14-11-16(12-15(2)20(14)30)13-25-22-19(21(24)31)23(28-27-22)26-17-3-5-18(6-4-17)29-7-9-32-10-8-29/h3-6,11-12,30H,7-10,13H2,1-2H3,(H2,24,31)(H3,25,26,27,28). The molecule has 32 heavy (non-hydrogen) atoms. The maximum atomic E-state index is 12.2. The molecular formula is C23H28N6O2S. The van der Waals surface area contributed by atoms with Crippen LogP contribution in [0.15, 0.2) is 36.4 Å². The Bertz CT molecular complexity index is 1080. The van der Waals surface area contributed by atoms with Crippen molar-refractivity contribution in [2.45, 2.75) is 20.4 Å². The number of nitrogens with one attached hydrogen (secondary N) is 3. The maximum absolute atomic E-state index is 12.2. The van der Waals surface area contributed by atoms with E-state index in [0.29, 0.717) is 23.9 Å². The number of amides is 1. The largest absolute Gasteiger partial charge is 0.507 e. The van der Waals surface area contributed by atoms with Gasteiger partial charge in [0.15, 0.2) is 5.82 Å². The number of carbonyl (C=O) groups is 1. The fourth-order valence-electron chi connectivity index (χ4n) is 3.85. The summed E-state index contributed by atoms with van der Waals surface area (Å²) in [6, 6.07) is 11.9. The van der Waals surface area contributed by atoms with Crippen LogP contribution >= 0.6 is 11.8 Å². The Kier molecular flexibility index (Phi) is 6.45. The normalized spacial score (nSPS) is 13.8. The number of carbonyl (C=O) groups excluding carboxylic acids is 1. The summed E-state index contributed by atoms with van der Waals surface area (Å²) in [6.07, 6.45) is 0. The van der Waals surface area contributed by atoms with Gasteiger partial charge >= 0.3 is 0 Å². The second kappa shape index (κ2) is 9.44. The molecule has 0 aliphatic carbocycles. The first-order valence-corrected chi connectivity index (χ1v) is 11.7. The van der Waals surface area contributed by atoms with E-state index in [4.69, 9.17) is 5.73 Å². The molecular weight excluding hydrogens is 424 g/mol. The minimum absolute atomic E-state index is 0.273. The summed E-state index contributed by atoms with van der Waals surface area (Å²) in [4.78, 5) is 14.5. The summed E-state index contributed by atoms with van der Waals surface area (Å²) >= 11 is 1.98. The number of hydrogen-bond donors (Lipinski definition) is 5. The lowest BCUT2D eigenvalue weighted by Gasteiger charge is -2.28. The molecule has 0 atom stereocenters. The van der Waals surface area contributed by atoms with Crippen LogP contribution in [0.25, 0.3) is 0 Å². The second-order valence-corrected chi connectivity index (χ2v) is 9.11. The van der Waals surface area contributed by atoms with Crippen molar-refractivity contribution < 1.29 is 9.90 Å². The molecule has 0 bridgehead atoms. The number of aryl methyl sites for hydroxylation is 2. The third-order valence-electron chi connectivity index (χ3n) is 5.54. The SMILES string of the molecule is Cc1cc(CNc2[nH]nc(Nc3ccc(N4CCSCC4)cc3)c2C(N)=O)cc(C)c1O. The third kappa shape index (κ3) is 4.77. The molecule has 2 aromatic carbocycles. The zero-order valence-corrected chi connectivity index (χ0v) is 19.1. The number of benzene rings is 2. The molecule has 1 saturated heterocycles. The van der Waals surface area contributed by atoms with Gasteiger partial charge in [0.1, 0.15) is 17.1 Å². The average molecular weight is 453 g/mol. The zero-order valence-electron chi connectivity index (χ0n) is 18.2. The van der Waals surface area contributed by atoms with Gasteiger partial charge < -0.3 is 26.4 Å². The van der Waals surface area contributed by atoms with Crippen molar-refractivity contribution in [1.29, 1.82) is 0 Å². The molecule has 9 heteroatoms. The Morgan fingerprint density at radius 1 is 1.19 bits per heavy atom. The number of nitrogens with zero attached hydrogens (tertiary/aromatic N) is 2. The van der Waals surface area contributed by atoms with E-state index < -0.39 is 5.91 Å². The zero-order chi connectivity index (χ0) is 22.7. The van der Waals surface area contributed by atoms with E-state index in [0.717, 1.165) is 47.0 Å². The summed E-state index contributed by atoms with van der Waals surface area (Å²) in [5.74, 6) is 2.84. The van der Waals surface area contributed by atoms with E-state index in [-0.39, 0.29) is 5.56 Å². The number of aromatic hydroxyl groups is 1. The van der Waals surface area contributed by atoms with Gasteiger partial charge in [0.25, 0.3) is 5.91 Å². The number of anilines is 4. The predicted molar refractivity (Wildman–Crippen MR) is 131 cm³/mol. The number of aromatic nitrogens is 2. The molecule has 6 N–H and O–H groups in total. The van der Waals surface area contributed by atoms with Crippen molar-refractivity contribution >= 4 is 40.7 Å². The van der Waals surface area contributed by atoms with Gasteiger partial charge in [-0.3, -0.25) is 9.89 Å². The van der Waals surface area contributed by atoms with Crippen LogP contribution < -0.4 is 21.3 Å². The highest BCUT2D eigenvalue weighted by atomic mass is 32.2. The molecule has 0 unspecified atom stereocenters. The summed E-state index contributed by atoms with van der Waals surface area (Å²) in [6.45, 7) is 6.27. The lowest BCUT2D eigenvalue weighted by atomic mass is 10.1. The Hall–Kier alpha value is -3.33. The Morgan fingerprint density at radius 3 is 2.47 bits per heavy atom. The van der Waals surface area contributed by atoms with Crippen LogP contribution in [0.3, 0.4) is 0 Å². The van der Waals surface area contributed by atoms with Crippen LogP contribution in [0, 0.1) is 13.8 Å². The van der Waals surface area contributed by atoms with Crippen LogP contribution in [0.1, 0.15) is 27.0 Å². The lowest BCUT2D eigenvalue weighted by molar-refractivity contribution is 0.100. The maximum Gasteiger partial charge on any atom is 0.256 e. The third-order valence-corrected chi connectivity index (χ3v) is 6.48. The van der Waals surface area contributed by atoms with Crippen molar-refractivity contribution in [3.05, 3.63) is 58.7 Å². The van der Waals surface area contributed by atoms with Gasteiger partial charge in [0, 0.05) is 42.5 Å². The highest BCUT2D eigenvalue weighted by Gasteiger charge is 2.19. The topological polar surface area (TPSA) is 119 Å². The van der Waals surface area contributed by atoms with Gasteiger partial charge in [-0.15, -0.1) is 0 Å². The number of thioether (sulfide) groups is 1. The number of phenolic OH excluding ortho intramolecular Hbond substituents is 1. The lowest BCUT2D eigenvalue weighted by Crippen LogP contribution is -2.32. The molecule has 2 heterocycles. The van der Waals surface area contributed by atoms with Gasteiger partial charge in [-0.05, 0) is 54.8 Å². The molecule has 1 aliphatic rings. The number of rotatable bonds is 7. The van der Waals surface area contributed by atoms with Crippen molar-refractivity contribution in [3.63, 3.8) is 0 Å². The van der Waals surface area contributed by atoms with Crippen molar-refractivity contribution in [2.24, 2.45) is 5.73 Å². The quantitative estimate of drug-likeness (QED) is 0.370. The van der Waals surface area contributed by atoms with Gasteiger partial charge in [-0.1, -0.05) is 12.1 Å². The summed E-state index contributed by atoms with van der Waals surface area (Å²) in [5, 5.41) is 23.5. The minimum atomic E-state index is -0.579. The first kappa shape index (κ1) is 21.9. The number of hydrogen-bond acceptors (Lipinski definition) is 7. The van der Waals surface area contributed by atoms with E-state index in [2.05, 4.69) is 37.9 Å². The highest BCUT2D eigenvalue weighted by molar-refractivity contribution is 7.99. The summed E-state index contributed by atoms with van der Waals surface area (Å²) < 4.78 is 0. The highest BCUT2D eigenvalue weighted by Crippen LogP contribution is 2.28. The molecule has 168 valence electrons. The monoisotopic (exact) mass is 452 g/mol. The summed E-state index contributed by atoms with van der Waals surface area (Å²) in [7, 11) is 0. The van der Waals surface area contributed by atoms with Crippen molar-refractivity contribution in [2.75, 3.05) is 40.1 Å². The molecule has 1 aromatic heterocycles. The molecule has 1 aliphatic heterocycles. The number of phenols is 1. The van der Waals surface area contributed by atoms with Gasteiger partial charge in [-0.2, -0.15) is 16.9 Å². The summed E-state index contributed by atoms with van der Waals surface area (Å²) in [5.41, 5.74) is 10.5. The van der Waals surface area contributed by atoms with Crippen molar-refractivity contribution in [1.82, 2.24) is 10.2 Å². The first-order chi connectivity index (χ1) is 15.4. The molecule has 8 nitrogen and oxygen atoms in total. The molecule has 0 saturated carbocycles. The Labute approximate surface area is 191 Å². The number of primary amides is 1. The Morgan fingerprint density at radius 2 is 1.84 bits per heavy atom. The number of nitrogens with two attached hydrogens (primary N) is 1. The van der Waals surface area contributed by atoms with Crippen molar-refractivity contribution in [3.8, 4) is 5.75 Å². The first-order valence-electron chi connectivity index (χ1n) is 10.5. The molecule has 1 amide bonds. The van der Waals surface area contributed by atoms with Crippen LogP contribution in [-0.4, -0.2) is 45.8 Å². The number of aromatic amines is 1. The predicted octanol–water partition coefficient (Wildman–Crippen LogP) is 3.74. The van der Waals surface area contributed by atoms with E-state index in [1.54, 1.807) is 0 Å². The van der Waals surface area contributed by atoms with E-state index in [1.165, 1.54) is 5.69 Å². The molecule has 3 aromatic rings. The Balaban J connectivity index is 1.47. The fraction of sp³-hybridized carbons (Fsp3) is 0.304. The van der Waals surface area contributed by atoms with Crippen LogP contribution in [0.5, 0.6) is 5.75 Å². The fourth-order valence-corrected chi connectivity index (χ4v) is 4.76. The smallest absolute Gasteiger partial charge is 0.256 e. The van der Waals surface area contributed by atoms with Crippen LogP contribution in [-0.2, 0) is 6.54 Å². The van der Waals surface area contributed by atoms with Gasteiger partial charge in [0.2, 0.25) is 0 Å². The van der Waals surface area contributed by atoms with E-state index in [1.807, 2.05) is 49.9 Å². The molecule has 1 fully saturated rings. The van der Waals surface area contributed by atoms with Gasteiger partial charge in [0.05, 0.1) is 0 Å². The second-order valence-electron chi connectivity index (χ2n) is 7.89. The van der Waals surface area contributed by atoms with Gasteiger partial charge in [-0.25, -0.2) is 0 Å². The number of H-pyrrole nitrogens is 1. The van der Waals surface area contributed by atoms with E-state index >= 15 is 0 Å². The molecule has 0 spiro atoms. The average Bonchev–Trinajstić information content (AvgIpc) is 3.19. The van der Waals surface area contributed by atoms with Crippen LogP contribution in [0.2, 0.25) is 0 Å². The van der Waals surface area contributed by atoms with E-state index in [9.17, 15) is 9.90 Å². The molecule has 4 rings (SSSR count). The van der Waals surface area contributed by atoms with Crippen LogP contribution in [0.4, 0.5) is 23.0 Å². The minimum Gasteiger partial charge on any atom is -0.507 e.